The fraction of sp³-hybridized carbons (Fsp3) is 0.417. The van der Waals surface area contributed by atoms with Crippen LogP contribution in [0.5, 0.6) is 0 Å². The van der Waals surface area contributed by atoms with Crippen molar-refractivity contribution in [3.63, 3.8) is 0 Å². The summed E-state index contributed by atoms with van der Waals surface area (Å²) in [6, 6.07) is 3.74. The summed E-state index contributed by atoms with van der Waals surface area (Å²) in [6.07, 6.45) is 3.66. The molecule has 1 aliphatic carbocycles. The van der Waals surface area contributed by atoms with Gasteiger partial charge in [0.25, 0.3) is 0 Å². The molecule has 0 amide bonds. The van der Waals surface area contributed by atoms with E-state index in [-0.39, 0.29) is 12.0 Å². The van der Waals surface area contributed by atoms with Crippen molar-refractivity contribution < 1.29 is 9.52 Å². The molecule has 0 unspecified atom stereocenters. The molecule has 84 valence electrons. The molecular formula is C12H14N2O2. The molecule has 4 nitrogen and oxygen atoms in total. The van der Waals surface area contributed by atoms with E-state index >= 15 is 0 Å². The van der Waals surface area contributed by atoms with Gasteiger partial charge in [0.1, 0.15) is 11.5 Å². The van der Waals surface area contributed by atoms with Crippen molar-refractivity contribution in [2.45, 2.75) is 25.2 Å². The molecule has 0 atom stereocenters. The number of nitrogens with zero attached hydrogens (tertiary/aromatic N) is 1. The number of hydrogen-bond acceptors (Lipinski definition) is 3. The van der Waals surface area contributed by atoms with E-state index in [0.717, 1.165) is 35.8 Å². The Morgan fingerprint density at radius 1 is 1.56 bits per heavy atom. The van der Waals surface area contributed by atoms with Crippen molar-refractivity contribution in [1.29, 1.82) is 0 Å². The molecule has 1 aliphatic rings. The number of H-pyrrole nitrogens is 1. The van der Waals surface area contributed by atoms with E-state index in [1.807, 2.05) is 19.1 Å². The molecule has 0 aliphatic heterocycles. The van der Waals surface area contributed by atoms with Gasteiger partial charge in [0.05, 0.1) is 18.3 Å². The molecule has 1 saturated carbocycles. The Bertz CT molecular complexity index is 495. The highest BCUT2D eigenvalue weighted by atomic mass is 16.3. The first-order valence-corrected chi connectivity index (χ1v) is 5.47. The molecule has 4 heteroatoms. The SMILES string of the molecule is Cc1[nH]c(C2(CO)CC2)nc1-c1ccco1. The maximum atomic E-state index is 9.36. The lowest BCUT2D eigenvalue weighted by molar-refractivity contribution is 0.250. The number of nitrogens with one attached hydrogen (secondary N) is 1. The molecule has 16 heavy (non-hydrogen) atoms. The van der Waals surface area contributed by atoms with Crippen LogP contribution in [0.25, 0.3) is 11.5 Å². The molecule has 2 N–H and O–H groups in total. The second kappa shape index (κ2) is 3.22. The third-order valence-electron chi connectivity index (χ3n) is 3.30. The van der Waals surface area contributed by atoms with Crippen LogP contribution in [0.1, 0.15) is 24.4 Å². The molecule has 2 aromatic rings. The predicted molar refractivity (Wildman–Crippen MR) is 59.0 cm³/mol. The average molecular weight is 218 g/mol. The lowest BCUT2D eigenvalue weighted by atomic mass is 10.1. The summed E-state index contributed by atoms with van der Waals surface area (Å²) in [7, 11) is 0. The number of aromatic nitrogens is 2. The second-order valence-corrected chi connectivity index (χ2v) is 4.47. The largest absolute Gasteiger partial charge is 0.463 e. The van der Waals surface area contributed by atoms with Crippen LogP contribution in [0, 0.1) is 6.92 Å². The maximum Gasteiger partial charge on any atom is 0.154 e. The third-order valence-corrected chi connectivity index (χ3v) is 3.30. The van der Waals surface area contributed by atoms with Crippen LogP contribution in [0.2, 0.25) is 0 Å². The van der Waals surface area contributed by atoms with Crippen LogP contribution < -0.4 is 0 Å². The zero-order valence-electron chi connectivity index (χ0n) is 9.16. The first kappa shape index (κ1) is 9.66. The first-order chi connectivity index (χ1) is 7.75. The standard InChI is InChI=1S/C12H14N2O2/c1-8-10(9-3-2-6-16-9)14-11(13-8)12(7-15)4-5-12/h2-3,6,15H,4-5,7H2,1H3,(H,13,14). The van der Waals surface area contributed by atoms with Crippen LogP contribution in [0.3, 0.4) is 0 Å². The van der Waals surface area contributed by atoms with Crippen LogP contribution in [0.15, 0.2) is 22.8 Å². The van der Waals surface area contributed by atoms with Crippen LogP contribution in [-0.2, 0) is 5.41 Å². The van der Waals surface area contributed by atoms with Crippen molar-refractivity contribution >= 4 is 0 Å². The van der Waals surface area contributed by atoms with Gasteiger partial charge in [-0.25, -0.2) is 4.98 Å². The highest BCUT2D eigenvalue weighted by Crippen LogP contribution is 2.47. The molecular weight excluding hydrogens is 204 g/mol. The number of imidazole rings is 1. The Labute approximate surface area is 93.3 Å². The molecule has 0 aromatic carbocycles. The Balaban J connectivity index is 2.03. The minimum Gasteiger partial charge on any atom is -0.463 e. The van der Waals surface area contributed by atoms with Gasteiger partial charge in [0, 0.05) is 5.69 Å². The molecule has 0 bridgehead atoms. The van der Waals surface area contributed by atoms with Crippen molar-refractivity contribution in [2.75, 3.05) is 6.61 Å². The lowest BCUT2D eigenvalue weighted by Gasteiger charge is -2.06. The summed E-state index contributed by atoms with van der Waals surface area (Å²) in [5.41, 5.74) is 1.72. The molecule has 0 radical (unpaired) electrons. The van der Waals surface area contributed by atoms with Crippen molar-refractivity contribution in [1.82, 2.24) is 9.97 Å². The lowest BCUT2D eigenvalue weighted by Crippen LogP contribution is -2.13. The fourth-order valence-electron chi connectivity index (χ4n) is 1.99. The van der Waals surface area contributed by atoms with E-state index in [2.05, 4.69) is 9.97 Å². The average Bonchev–Trinajstić information content (AvgIpc) is 2.73. The van der Waals surface area contributed by atoms with Gasteiger partial charge in [-0.3, -0.25) is 0 Å². The topological polar surface area (TPSA) is 62.0 Å². The Morgan fingerprint density at radius 2 is 2.38 bits per heavy atom. The Morgan fingerprint density at radius 3 is 2.94 bits per heavy atom. The molecule has 0 saturated heterocycles. The molecule has 2 heterocycles. The number of rotatable bonds is 3. The van der Waals surface area contributed by atoms with Gasteiger partial charge in [-0.15, -0.1) is 0 Å². The Hall–Kier alpha value is -1.55. The minimum absolute atomic E-state index is 0.115. The summed E-state index contributed by atoms with van der Waals surface area (Å²) in [6.45, 7) is 2.14. The zero-order chi connectivity index (χ0) is 11.2. The van der Waals surface area contributed by atoms with Crippen molar-refractivity contribution in [3.05, 3.63) is 29.9 Å². The first-order valence-electron chi connectivity index (χ1n) is 5.47. The summed E-state index contributed by atoms with van der Waals surface area (Å²) in [4.78, 5) is 7.80. The summed E-state index contributed by atoms with van der Waals surface area (Å²) >= 11 is 0. The van der Waals surface area contributed by atoms with Gasteiger partial charge in [-0.2, -0.15) is 0 Å². The fourth-order valence-corrected chi connectivity index (χ4v) is 1.99. The number of aryl methyl sites for hydroxylation is 1. The van der Waals surface area contributed by atoms with E-state index < -0.39 is 0 Å². The van der Waals surface area contributed by atoms with E-state index in [0.29, 0.717) is 0 Å². The molecule has 3 rings (SSSR count). The Kier molecular flexibility index (Phi) is 1.94. The van der Waals surface area contributed by atoms with E-state index in [1.54, 1.807) is 6.26 Å². The summed E-state index contributed by atoms with van der Waals surface area (Å²) in [5.74, 6) is 1.66. The highest BCUT2D eigenvalue weighted by molar-refractivity contribution is 5.55. The van der Waals surface area contributed by atoms with Crippen LogP contribution >= 0.6 is 0 Å². The van der Waals surface area contributed by atoms with Crippen LogP contribution in [-0.4, -0.2) is 21.7 Å². The quantitative estimate of drug-likeness (QED) is 0.828. The van der Waals surface area contributed by atoms with E-state index in [9.17, 15) is 5.11 Å². The monoisotopic (exact) mass is 218 g/mol. The zero-order valence-corrected chi connectivity index (χ0v) is 9.16. The molecule has 1 fully saturated rings. The summed E-state index contributed by atoms with van der Waals surface area (Å²) in [5, 5.41) is 9.36. The van der Waals surface area contributed by atoms with E-state index in [1.165, 1.54) is 0 Å². The number of aliphatic hydroxyl groups excluding tert-OH is 1. The van der Waals surface area contributed by atoms with Crippen molar-refractivity contribution in [2.24, 2.45) is 0 Å². The maximum absolute atomic E-state index is 9.36. The third kappa shape index (κ3) is 1.30. The molecule has 2 aromatic heterocycles. The van der Waals surface area contributed by atoms with Gasteiger partial charge in [0.15, 0.2) is 5.76 Å². The normalized spacial score (nSPS) is 17.6. The number of hydrogen-bond donors (Lipinski definition) is 2. The second-order valence-electron chi connectivity index (χ2n) is 4.47. The summed E-state index contributed by atoms with van der Waals surface area (Å²) < 4.78 is 5.34. The van der Waals surface area contributed by atoms with E-state index in [4.69, 9.17) is 4.42 Å². The predicted octanol–water partition coefficient (Wildman–Crippen LogP) is 2.00. The molecule has 0 spiro atoms. The van der Waals surface area contributed by atoms with Crippen LogP contribution in [0.4, 0.5) is 0 Å². The van der Waals surface area contributed by atoms with Gasteiger partial charge >= 0.3 is 0 Å². The van der Waals surface area contributed by atoms with Gasteiger partial charge in [-0.05, 0) is 31.9 Å². The number of furan rings is 1. The highest BCUT2D eigenvalue weighted by Gasteiger charge is 2.46. The van der Waals surface area contributed by atoms with Gasteiger partial charge in [0.2, 0.25) is 0 Å². The van der Waals surface area contributed by atoms with Gasteiger partial charge in [-0.1, -0.05) is 0 Å². The van der Waals surface area contributed by atoms with Gasteiger partial charge < -0.3 is 14.5 Å². The number of aliphatic hydroxyl groups is 1. The number of aromatic amines is 1. The minimum atomic E-state index is -0.115. The van der Waals surface area contributed by atoms with Crippen molar-refractivity contribution in [3.8, 4) is 11.5 Å². The smallest absolute Gasteiger partial charge is 0.154 e.